The zero-order valence-electron chi connectivity index (χ0n) is 9.86. The van der Waals surface area contributed by atoms with Crippen LogP contribution < -0.4 is 11.1 Å². The monoisotopic (exact) mass is 256 g/mol. The van der Waals surface area contributed by atoms with Crippen LogP contribution in [-0.2, 0) is 14.6 Å². The van der Waals surface area contributed by atoms with Crippen molar-refractivity contribution in [3.63, 3.8) is 0 Å². The molecule has 1 rings (SSSR count). The highest BCUT2D eigenvalue weighted by molar-refractivity contribution is 7.92. The third kappa shape index (κ3) is 4.07. The first-order valence-corrected chi connectivity index (χ1v) is 7.02. The first kappa shape index (κ1) is 13.5. The zero-order chi connectivity index (χ0) is 13.1. The van der Waals surface area contributed by atoms with E-state index in [-0.39, 0.29) is 5.75 Å². The first-order chi connectivity index (χ1) is 7.84. The summed E-state index contributed by atoms with van der Waals surface area (Å²) in [5.41, 5.74) is 7.65. The van der Waals surface area contributed by atoms with Crippen LogP contribution in [-0.4, -0.2) is 25.8 Å². The van der Waals surface area contributed by atoms with Gasteiger partial charge in [-0.1, -0.05) is 13.0 Å². The number of nitrogen functional groups attached to an aromatic ring is 1. The quantitative estimate of drug-likeness (QED) is 0.785. The minimum Gasteiger partial charge on any atom is -0.398 e. The number of nitrogens with two attached hydrogens (primary N) is 1. The lowest BCUT2D eigenvalue weighted by Crippen LogP contribution is -2.23. The van der Waals surface area contributed by atoms with Gasteiger partial charge < -0.3 is 11.1 Å². The van der Waals surface area contributed by atoms with Gasteiger partial charge >= 0.3 is 0 Å². The summed E-state index contributed by atoms with van der Waals surface area (Å²) >= 11 is 0. The highest BCUT2D eigenvalue weighted by Gasteiger charge is 2.14. The Kier molecular flexibility index (Phi) is 4.11. The largest absolute Gasteiger partial charge is 0.398 e. The molecular formula is C11H16N2O3S. The van der Waals surface area contributed by atoms with Crippen molar-refractivity contribution in [2.75, 3.05) is 22.6 Å². The van der Waals surface area contributed by atoms with E-state index in [1.165, 1.54) is 6.92 Å². The normalized spacial score (nSPS) is 11.2. The number of benzene rings is 1. The number of carbonyl (C=O) groups excluding carboxylic acids is 1. The Morgan fingerprint density at radius 1 is 1.41 bits per heavy atom. The van der Waals surface area contributed by atoms with Crippen LogP contribution in [0.1, 0.15) is 12.5 Å². The molecule has 0 saturated heterocycles. The van der Waals surface area contributed by atoms with E-state index in [0.29, 0.717) is 11.4 Å². The highest BCUT2D eigenvalue weighted by Crippen LogP contribution is 2.16. The van der Waals surface area contributed by atoms with Gasteiger partial charge in [-0.2, -0.15) is 0 Å². The summed E-state index contributed by atoms with van der Waals surface area (Å²) in [6.45, 7) is 3.36. The molecule has 0 unspecified atom stereocenters. The van der Waals surface area contributed by atoms with E-state index in [9.17, 15) is 13.2 Å². The maximum atomic E-state index is 11.5. The molecule has 0 saturated carbocycles. The Hall–Kier alpha value is -1.56. The fraction of sp³-hybridized carbons (Fsp3) is 0.364. The van der Waals surface area contributed by atoms with Crippen LogP contribution >= 0.6 is 0 Å². The van der Waals surface area contributed by atoms with Crippen LogP contribution in [0.25, 0.3) is 0 Å². The molecule has 1 amide bonds. The Labute approximate surface area is 101 Å². The van der Waals surface area contributed by atoms with Gasteiger partial charge in [-0.25, -0.2) is 8.42 Å². The lowest BCUT2D eigenvalue weighted by atomic mass is 10.2. The summed E-state index contributed by atoms with van der Waals surface area (Å²) in [5, 5.41) is 2.50. The fourth-order valence-electron chi connectivity index (χ4n) is 1.22. The standard InChI is InChI=1S/C11H16N2O3S/c1-3-17(15,16)7-11(14)13-9-5-4-8(2)10(12)6-9/h4-6H,3,7,12H2,1-2H3,(H,13,14). The van der Waals surface area contributed by atoms with Crippen molar-refractivity contribution in [3.8, 4) is 0 Å². The van der Waals surface area contributed by atoms with Crippen molar-refractivity contribution in [3.05, 3.63) is 23.8 Å². The third-order valence-corrected chi connectivity index (χ3v) is 3.94. The molecule has 0 aliphatic heterocycles. The Balaban J connectivity index is 2.72. The topological polar surface area (TPSA) is 89.3 Å². The van der Waals surface area contributed by atoms with Gasteiger partial charge in [0.15, 0.2) is 9.84 Å². The molecule has 0 bridgehead atoms. The molecule has 0 spiro atoms. The molecule has 17 heavy (non-hydrogen) atoms. The van der Waals surface area contributed by atoms with Gasteiger partial charge in [-0.05, 0) is 24.6 Å². The molecule has 94 valence electrons. The first-order valence-electron chi connectivity index (χ1n) is 5.20. The number of anilines is 2. The average Bonchev–Trinajstić information content (AvgIpc) is 2.23. The molecule has 0 heterocycles. The third-order valence-electron chi connectivity index (χ3n) is 2.35. The summed E-state index contributed by atoms with van der Waals surface area (Å²) in [6, 6.07) is 5.05. The number of amides is 1. The molecular weight excluding hydrogens is 240 g/mol. The van der Waals surface area contributed by atoms with Gasteiger partial charge in [-0.3, -0.25) is 4.79 Å². The number of carbonyl (C=O) groups is 1. The van der Waals surface area contributed by atoms with E-state index in [1.807, 2.05) is 6.92 Å². The zero-order valence-corrected chi connectivity index (χ0v) is 10.7. The van der Waals surface area contributed by atoms with E-state index >= 15 is 0 Å². The lowest BCUT2D eigenvalue weighted by Gasteiger charge is -2.07. The Morgan fingerprint density at radius 2 is 2.06 bits per heavy atom. The molecule has 1 aromatic rings. The molecule has 0 aliphatic carbocycles. The minimum absolute atomic E-state index is 0.0452. The van der Waals surface area contributed by atoms with Gasteiger partial charge in [0.05, 0.1) is 0 Å². The number of sulfone groups is 1. The lowest BCUT2D eigenvalue weighted by molar-refractivity contribution is -0.113. The maximum Gasteiger partial charge on any atom is 0.239 e. The number of hydrogen-bond donors (Lipinski definition) is 2. The molecule has 0 atom stereocenters. The number of rotatable bonds is 4. The maximum absolute atomic E-state index is 11.5. The van der Waals surface area contributed by atoms with Crippen LogP contribution in [0.15, 0.2) is 18.2 Å². The van der Waals surface area contributed by atoms with Gasteiger partial charge in [0, 0.05) is 17.1 Å². The summed E-state index contributed by atoms with van der Waals surface area (Å²) in [7, 11) is -3.30. The summed E-state index contributed by atoms with van der Waals surface area (Å²) in [6.07, 6.45) is 0. The van der Waals surface area contributed by atoms with Crippen molar-refractivity contribution in [1.29, 1.82) is 0 Å². The predicted octanol–water partition coefficient (Wildman–Crippen LogP) is 0.950. The van der Waals surface area contributed by atoms with Gasteiger partial charge in [0.25, 0.3) is 0 Å². The number of hydrogen-bond acceptors (Lipinski definition) is 4. The van der Waals surface area contributed by atoms with Crippen LogP contribution in [0.5, 0.6) is 0 Å². The second-order valence-electron chi connectivity index (χ2n) is 3.80. The van der Waals surface area contributed by atoms with E-state index in [1.54, 1.807) is 18.2 Å². The SMILES string of the molecule is CCS(=O)(=O)CC(=O)Nc1ccc(C)c(N)c1. The number of aryl methyl sites for hydroxylation is 1. The molecule has 1 aromatic carbocycles. The smallest absolute Gasteiger partial charge is 0.239 e. The Bertz CT molecular complexity index is 524. The summed E-state index contributed by atoms with van der Waals surface area (Å²) < 4.78 is 22.5. The Morgan fingerprint density at radius 3 is 2.59 bits per heavy atom. The van der Waals surface area contributed by atoms with E-state index in [2.05, 4.69) is 5.32 Å². The predicted molar refractivity (Wildman–Crippen MR) is 68.5 cm³/mol. The second kappa shape index (κ2) is 5.18. The van der Waals surface area contributed by atoms with Crippen LogP contribution in [0.3, 0.4) is 0 Å². The van der Waals surface area contributed by atoms with Crippen molar-refractivity contribution in [2.24, 2.45) is 0 Å². The average molecular weight is 256 g/mol. The minimum atomic E-state index is -3.30. The molecule has 5 nitrogen and oxygen atoms in total. The van der Waals surface area contributed by atoms with Crippen LogP contribution in [0, 0.1) is 6.92 Å². The van der Waals surface area contributed by atoms with Crippen LogP contribution in [0.4, 0.5) is 11.4 Å². The summed E-state index contributed by atoms with van der Waals surface area (Å²) in [5.74, 6) is -1.09. The number of nitrogens with one attached hydrogen (secondary N) is 1. The molecule has 3 N–H and O–H groups in total. The van der Waals surface area contributed by atoms with E-state index in [4.69, 9.17) is 5.73 Å². The van der Waals surface area contributed by atoms with Gasteiger partial charge in [0.2, 0.25) is 5.91 Å². The molecule has 0 fully saturated rings. The molecule has 0 aromatic heterocycles. The summed E-state index contributed by atoms with van der Waals surface area (Å²) in [4.78, 5) is 11.5. The van der Waals surface area contributed by atoms with E-state index in [0.717, 1.165) is 5.56 Å². The van der Waals surface area contributed by atoms with Crippen molar-refractivity contribution < 1.29 is 13.2 Å². The molecule has 6 heteroatoms. The second-order valence-corrected chi connectivity index (χ2v) is 6.15. The van der Waals surface area contributed by atoms with Gasteiger partial charge in [-0.15, -0.1) is 0 Å². The van der Waals surface area contributed by atoms with Crippen LogP contribution in [0.2, 0.25) is 0 Å². The highest BCUT2D eigenvalue weighted by atomic mass is 32.2. The van der Waals surface area contributed by atoms with Gasteiger partial charge in [0.1, 0.15) is 5.75 Å². The van der Waals surface area contributed by atoms with Crippen molar-refractivity contribution >= 4 is 27.1 Å². The fourth-order valence-corrected chi connectivity index (χ4v) is 1.89. The van der Waals surface area contributed by atoms with Crippen molar-refractivity contribution in [2.45, 2.75) is 13.8 Å². The molecule has 0 radical (unpaired) electrons. The molecule has 0 aliphatic rings. The van der Waals surface area contributed by atoms with Crippen molar-refractivity contribution in [1.82, 2.24) is 0 Å². The van der Waals surface area contributed by atoms with E-state index < -0.39 is 21.5 Å².